The molecule has 0 aliphatic heterocycles. The number of nitrogens with one attached hydrogen (secondary N) is 1. The van der Waals surface area contributed by atoms with Crippen LogP contribution in [0.5, 0.6) is 0 Å². The Morgan fingerprint density at radius 1 is 1.54 bits per heavy atom. The molecule has 13 heavy (non-hydrogen) atoms. The third-order valence-corrected chi connectivity index (χ3v) is 3.13. The molecule has 0 aliphatic rings. The Balaban J connectivity index is 2.74. The van der Waals surface area contributed by atoms with E-state index in [0.717, 1.165) is 16.6 Å². The van der Waals surface area contributed by atoms with Crippen molar-refractivity contribution in [3.8, 4) is 0 Å². The van der Waals surface area contributed by atoms with Crippen LogP contribution in [-0.4, -0.2) is 16.2 Å². The van der Waals surface area contributed by atoms with Crippen LogP contribution in [0.25, 0.3) is 11.0 Å². The lowest BCUT2D eigenvalue weighted by Crippen LogP contribution is -1.84. The van der Waals surface area contributed by atoms with E-state index < -0.39 is 0 Å². The molecule has 0 amide bonds. The summed E-state index contributed by atoms with van der Waals surface area (Å²) in [6, 6.07) is 4.05. The molecule has 2 nitrogen and oxygen atoms in total. The maximum Gasteiger partial charge on any atom is 0.102 e. The normalized spacial score (nSPS) is 10.9. The van der Waals surface area contributed by atoms with Crippen LogP contribution < -0.4 is 0 Å². The topological polar surface area (TPSA) is 28.7 Å². The molecule has 1 aromatic carbocycles. The number of aromatic nitrogens is 2. The zero-order valence-electron chi connectivity index (χ0n) is 7.17. The van der Waals surface area contributed by atoms with Crippen molar-refractivity contribution in [2.24, 2.45) is 0 Å². The summed E-state index contributed by atoms with van der Waals surface area (Å²) in [5.41, 5.74) is 3.23. The number of nitrogens with zero attached hydrogens (tertiary/aromatic N) is 1. The minimum Gasteiger partial charge on any atom is -0.345 e. The Hall–Kier alpha value is -0.670. The van der Waals surface area contributed by atoms with Gasteiger partial charge >= 0.3 is 0 Å². The van der Waals surface area contributed by atoms with Gasteiger partial charge in [0, 0.05) is 10.8 Å². The SMILES string of the molecule is CSc1c(CCl)ccc2[nH]cnc12. The number of hydrogen-bond acceptors (Lipinski definition) is 2. The molecule has 0 atom stereocenters. The van der Waals surface area contributed by atoms with Crippen LogP contribution >= 0.6 is 23.4 Å². The number of thioether (sulfide) groups is 1. The zero-order valence-corrected chi connectivity index (χ0v) is 8.75. The molecule has 0 radical (unpaired) electrons. The van der Waals surface area contributed by atoms with Crippen molar-refractivity contribution in [2.75, 3.05) is 6.26 Å². The second-order valence-electron chi connectivity index (χ2n) is 2.69. The third kappa shape index (κ3) is 1.42. The van der Waals surface area contributed by atoms with Gasteiger partial charge in [-0.2, -0.15) is 0 Å². The fourth-order valence-electron chi connectivity index (χ4n) is 1.36. The average Bonchev–Trinajstić information content (AvgIpc) is 2.63. The number of aromatic amines is 1. The Kier molecular flexibility index (Phi) is 2.47. The molecule has 2 aromatic rings. The lowest BCUT2D eigenvalue weighted by Gasteiger charge is -2.03. The predicted molar refractivity (Wildman–Crippen MR) is 57.4 cm³/mol. The highest BCUT2D eigenvalue weighted by Crippen LogP contribution is 2.28. The van der Waals surface area contributed by atoms with Gasteiger partial charge in [-0.25, -0.2) is 4.98 Å². The van der Waals surface area contributed by atoms with E-state index in [4.69, 9.17) is 11.6 Å². The van der Waals surface area contributed by atoms with Gasteiger partial charge in [0.1, 0.15) is 5.52 Å². The van der Waals surface area contributed by atoms with Crippen molar-refractivity contribution in [2.45, 2.75) is 10.8 Å². The molecule has 0 aliphatic carbocycles. The predicted octanol–water partition coefficient (Wildman–Crippen LogP) is 3.02. The van der Waals surface area contributed by atoms with Gasteiger partial charge in [0.15, 0.2) is 0 Å². The van der Waals surface area contributed by atoms with E-state index in [0.29, 0.717) is 5.88 Å². The van der Waals surface area contributed by atoms with Crippen LogP contribution in [-0.2, 0) is 5.88 Å². The highest BCUT2D eigenvalue weighted by molar-refractivity contribution is 7.98. The van der Waals surface area contributed by atoms with Gasteiger partial charge in [-0.3, -0.25) is 0 Å². The quantitative estimate of drug-likeness (QED) is 0.613. The van der Waals surface area contributed by atoms with Crippen LogP contribution in [0, 0.1) is 0 Å². The molecule has 2 rings (SSSR count). The lowest BCUT2D eigenvalue weighted by atomic mass is 10.2. The Labute approximate surface area is 85.7 Å². The summed E-state index contributed by atoms with van der Waals surface area (Å²) >= 11 is 7.51. The fraction of sp³-hybridized carbons (Fsp3) is 0.222. The maximum atomic E-state index is 5.83. The zero-order chi connectivity index (χ0) is 9.26. The molecular weight excluding hydrogens is 204 g/mol. The molecule has 1 aromatic heterocycles. The van der Waals surface area contributed by atoms with Gasteiger partial charge in [-0.15, -0.1) is 23.4 Å². The highest BCUT2D eigenvalue weighted by Gasteiger charge is 2.07. The van der Waals surface area contributed by atoms with Crippen molar-refractivity contribution in [1.82, 2.24) is 9.97 Å². The van der Waals surface area contributed by atoms with E-state index in [1.807, 2.05) is 18.4 Å². The van der Waals surface area contributed by atoms with Crippen molar-refractivity contribution >= 4 is 34.4 Å². The summed E-state index contributed by atoms with van der Waals surface area (Å²) in [7, 11) is 0. The largest absolute Gasteiger partial charge is 0.345 e. The highest BCUT2D eigenvalue weighted by atomic mass is 35.5. The van der Waals surface area contributed by atoms with E-state index in [2.05, 4.69) is 9.97 Å². The molecule has 0 unspecified atom stereocenters. The van der Waals surface area contributed by atoms with Gasteiger partial charge in [-0.1, -0.05) is 6.07 Å². The molecular formula is C9H9ClN2S. The number of imidazole rings is 1. The second-order valence-corrected chi connectivity index (χ2v) is 3.77. The molecule has 0 saturated carbocycles. The first-order chi connectivity index (χ1) is 6.36. The van der Waals surface area contributed by atoms with E-state index >= 15 is 0 Å². The van der Waals surface area contributed by atoms with E-state index in [1.54, 1.807) is 18.1 Å². The summed E-state index contributed by atoms with van der Waals surface area (Å²) < 4.78 is 0. The number of rotatable bonds is 2. The summed E-state index contributed by atoms with van der Waals surface area (Å²) in [4.78, 5) is 8.52. The van der Waals surface area contributed by atoms with Crippen LogP contribution in [0.1, 0.15) is 5.56 Å². The average molecular weight is 213 g/mol. The Bertz CT molecular complexity index is 424. The molecule has 4 heteroatoms. The molecule has 0 bridgehead atoms. The standard InChI is InChI=1S/C9H9ClN2S/c1-13-9-6(4-10)2-3-7-8(9)12-5-11-7/h2-3,5H,4H2,1H3,(H,11,12). The fourth-order valence-corrected chi connectivity index (χ4v) is 2.42. The van der Waals surface area contributed by atoms with Crippen LogP contribution in [0.15, 0.2) is 23.4 Å². The van der Waals surface area contributed by atoms with E-state index in [-0.39, 0.29) is 0 Å². The van der Waals surface area contributed by atoms with Gasteiger partial charge in [0.05, 0.1) is 11.8 Å². The first-order valence-corrected chi connectivity index (χ1v) is 5.67. The first-order valence-electron chi connectivity index (χ1n) is 3.91. The maximum absolute atomic E-state index is 5.83. The van der Waals surface area contributed by atoms with Gasteiger partial charge in [0.2, 0.25) is 0 Å². The van der Waals surface area contributed by atoms with Gasteiger partial charge in [0.25, 0.3) is 0 Å². The van der Waals surface area contributed by atoms with Crippen molar-refractivity contribution in [3.63, 3.8) is 0 Å². The molecule has 1 N–H and O–H groups in total. The summed E-state index contributed by atoms with van der Waals surface area (Å²) in [6.45, 7) is 0. The minimum absolute atomic E-state index is 0.541. The van der Waals surface area contributed by atoms with Gasteiger partial charge < -0.3 is 4.98 Å². The number of hydrogen-bond donors (Lipinski definition) is 1. The second kappa shape index (κ2) is 3.60. The smallest absolute Gasteiger partial charge is 0.102 e. The van der Waals surface area contributed by atoms with E-state index in [9.17, 15) is 0 Å². The minimum atomic E-state index is 0.541. The van der Waals surface area contributed by atoms with E-state index in [1.165, 1.54) is 4.90 Å². The first kappa shape index (κ1) is 8.91. The molecule has 68 valence electrons. The molecule has 1 heterocycles. The Morgan fingerprint density at radius 3 is 3.08 bits per heavy atom. The lowest BCUT2D eigenvalue weighted by molar-refractivity contribution is 1.27. The van der Waals surface area contributed by atoms with Crippen molar-refractivity contribution in [3.05, 3.63) is 24.0 Å². The molecule has 0 fully saturated rings. The van der Waals surface area contributed by atoms with Crippen molar-refractivity contribution < 1.29 is 0 Å². The van der Waals surface area contributed by atoms with Crippen LogP contribution in [0.2, 0.25) is 0 Å². The monoisotopic (exact) mass is 212 g/mol. The van der Waals surface area contributed by atoms with Gasteiger partial charge in [-0.05, 0) is 17.9 Å². The number of alkyl halides is 1. The number of halogens is 1. The Morgan fingerprint density at radius 2 is 2.38 bits per heavy atom. The van der Waals surface area contributed by atoms with Crippen molar-refractivity contribution in [1.29, 1.82) is 0 Å². The summed E-state index contributed by atoms with van der Waals surface area (Å²) in [6.07, 6.45) is 3.75. The van der Waals surface area contributed by atoms with Crippen LogP contribution in [0.3, 0.4) is 0 Å². The third-order valence-electron chi connectivity index (χ3n) is 1.97. The summed E-state index contributed by atoms with van der Waals surface area (Å²) in [5, 5.41) is 0. The van der Waals surface area contributed by atoms with Crippen LogP contribution in [0.4, 0.5) is 0 Å². The molecule has 0 saturated heterocycles. The summed E-state index contributed by atoms with van der Waals surface area (Å²) in [5.74, 6) is 0.541. The molecule has 0 spiro atoms. The number of benzene rings is 1. The number of H-pyrrole nitrogens is 1. The number of fused-ring (bicyclic) bond motifs is 1.